The van der Waals surface area contributed by atoms with Crippen LogP contribution in [0.4, 0.5) is 11.4 Å². The summed E-state index contributed by atoms with van der Waals surface area (Å²) in [4.78, 5) is 40.6. The van der Waals surface area contributed by atoms with Gasteiger partial charge >= 0.3 is 5.97 Å². The van der Waals surface area contributed by atoms with Crippen LogP contribution >= 0.6 is 23.8 Å². The molecule has 0 aliphatic carbocycles. The molecule has 3 rings (SSSR count). The summed E-state index contributed by atoms with van der Waals surface area (Å²) in [6.45, 7) is 2.36. The van der Waals surface area contributed by atoms with Crippen LogP contribution in [0.5, 0.6) is 5.75 Å². The number of rotatable bonds is 9. The van der Waals surface area contributed by atoms with Crippen LogP contribution in [0.15, 0.2) is 48.5 Å². The van der Waals surface area contributed by atoms with Gasteiger partial charge in [-0.3, -0.25) is 19.3 Å². The molecular formula is C23H24ClN3O5S. The molecule has 2 aromatic rings. The van der Waals surface area contributed by atoms with Crippen molar-refractivity contribution < 1.29 is 23.9 Å². The van der Waals surface area contributed by atoms with E-state index >= 15 is 0 Å². The number of nitrogens with zero attached hydrogens (tertiary/aromatic N) is 2. The normalized spacial score (nSPS) is 15.5. The average molecular weight is 490 g/mol. The van der Waals surface area contributed by atoms with Gasteiger partial charge < -0.3 is 19.7 Å². The van der Waals surface area contributed by atoms with E-state index in [1.165, 1.54) is 16.9 Å². The van der Waals surface area contributed by atoms with Gasteiger partial charge in [0.25, 0.3) is 5.91 Å². The van der Waals surface area contributed by atoms with E-state index < -0.39 is 23.8 Å². The Balaban J connectivity index is 1.76. The molecule has 1 saturated heterocycles. The smallest absolute Gasteiger partial charge is 0.325 e. The van der Waals surface area contributed by atoms with Gasteiger partial charge in [-0.2, -0.15) is 0 Å². The maximum atomic E-state index is 13.2. The molecule has 0 bridgehead atoms. The lowest BCUT2D eigenvalue weighted by Gasteiger charge is -2.22. The summed E-state index contributed by atoms with van der Waals surface area (Å²) in [5, 5.41) is 3.29. The number of esters is 1. The maximum absolute atomic E-state index is 13.2. The molecule has 8 nitrogen and oxygen atoms in total. The number of hydrogen-bond acceptors (Lipinski definition) is 6. The zero-order valence-electron chi connectivity index (χ0n) is 18.2. The Bertz CT molecular complexity index is 1050. The van der Waals surface area contributed by atoms with Crippen LogP contribution in [0.3, 0.4) is 0 Å². The van der Waals surface area contributed by atoms with E-state index in [4.69, 9.17) is 33.3 Å². The molecule has 1 fully saturated rings. The number of nitrogens with one attached hydrogen (secondary N) is 1. The minimum Gasteiger partial charge on any atom is -0.494 e. The van der Waals surface area contributed by atoms with Crippen molar-refractivity contribution in [3.8, 4) is 5.75 Å². The minimum atomic E-state index is -0.970. The van der Waals surface area contributed by atoms with E-state index in [1.807, 2.05) is 6.92 Å². The van der Waals surface area contributed by atoms with Crippen molar-refractivity contribution in [1.29, 1.82) is 0 Å². The predicted molar refractivity (Wildman–Crippen MR) is 130 cm³/mol. The van der Waals surface area contributed by atoms with Crippen LogP contribution in [0, 0.1) is 0 Å². The van der Waals surface area contributed by atoms with Gasteiger partial charge in [-0.05, 0) is 61.1 Å². The molecule has 0 saturated carbocycles. The first kappa shape index (κ1) is 24.5. The van der Waals surface area contributed by atoms with Gasteiger partial charge in [0, 0.05) is 10.7 Å². The Kier molecular flexibility index (Phi) is 8.24. The fraction of sp³-hybridized carbons (Fsp3) is 0.304. The monoisotopic (exact) mass is 489 g/mol. The molecule has 1 aliphatic heterocycles. The van der Waals surface area contributed by atoms with Crippen molar-refractivity contribution in [3.05, 3.63) is 53.6 Å². The first-order chi connectivity index (χ1) is 15.8. The highest BCUT2D eigenvalue weighted by atomic mass is 35.5. The molecule has 2 amide bonds. The fourth-order valence-corrected chi connectivity index (χ4v) is 3.88. The third-order valence-electron chi connectivity index (χ3n) is 4.90. The number of methoxy groups -OCH3 is 1. The van der Waals surface area contributed by atoms with Gasteiger partial charge in [0.15, 0.2) is 5.11 Å². The summed E-state index contributed by atoms with van der Waals surface area (Å²) < 4.78 is 10.3. The number of carbonyl (C=O) groups is 3. The number of anilines is 2. The molecule has 1 aliphatic rings. The standard InChI is InChI=1S/C23H24ClN3O5S/c1-3-11-32-18-9-7-16(8-10-18)25-20(28)13-19-22(30)27(17-6-4-5-15(24)12-17)23(33)26(19)14-21(29)31-2/h4-10,12,19H,3,11,13-14H2,1-2H3,(H,25,28). The first-order valence-corrected chi connectivity index (χ1v) is 11.1. The van der Waals surface area contributed by atoms with Gasteiger partial charge in [-0.1, -0.05) is 24.6 Å². The largest absolute Gasteiger partial charge is 0.494 e. The quantitative estimate of drug-likeness (QED) is 0.425. The highest BCUT2D eigenvalue weighted by Gasteiger charge is 2.45. The van der Waals surface area contributed by atoms with E-state index in [1.54, 1.807) is 48.5 Å². The van der Waals surface area contributed by atoms with Crippen molar-refractivity contribution in [3.63, 3.8) is 0 Å². The van der Waals surface area contributed by atoms with Crippen molar-refractivity contribution in [2.24, 2.45) is 0 Å². The Morgan fingerprint density at radius 3 is 2.55 bits per heavy atom. The predicted octanol–water partition coefficient (Wildman–Crippen LogP) is 3.63. The number of ether oxygens (including phenoxy) is 2. The first-order valence-electron chi connectivity index (χ1n) is 10.3. The van der Waals surface area contributed by atoms with E-state index in [2.05, 4.69) is 5.32 Å². The van der Waals surface area contributed by atoms with Gasteiger partial charge in [-0.15, -0.1) is 0 Å². The maximum Gasteiger partial charge on any atom is 0.325 e. The van der Waals surface area contributed by atoms with Gasteiger partial charge in [0.1, 0.15) is 18.3 Å². The number of amides is 2. The topological polar surface area (TPSA) is 88.2 Å². The number of carbonyl (C=O) groups excluding carboxylic acids is 3. The van der Waals surface area contributed by atoms with Crippen molar-refractivity contribution in [1.82, 2.24) is 4.90 Å². The second kappa shape index (κ2) is 11.1. The lowest BCUT2D eigenvalue weighted by molar-refractivity contribution is -0.141. The van der Waals surface area contributed by atoms with Gasteiger partial charge in [0.05, 0.1) is 25.8 Å². The molecule has 1 unspecified atom stereocenters. The minimum absolute atomic E-state index is 0.0999. The Morgan fingerprint density at radius 2 is 1.91 bits per heavy atom. The number of thiocarbonyl (C=S) groups is 1. The third-order valence-corrected chi connectivity index (χ3v) is 5.55. The lowest BCUT2D eigenvalue weighted by Crippen LogP contribution is -2.41. The summed E-state index contributed by atoms with van der Waals surface area (Å²) in [5.74, 6) is -0.704. The summed E-state index contributed by atoms with van der Waals surface area (Å²) in [6.07, 6.45) is 0.686. The van der Waals surface area contributed by atoms with Gasteiger partial charge in [0.2, 0.25) is 5.91 Å². The van der Waals surface area contributed by atoms with Crippen LogP contribution in [0.1, 0.15) is 19.8 Å². The van der Waals surface area contributed by atoms with Gasteiger partial charge in [-0.25, -0.2) is 0 Å². The highest BCUT2D eigenvalue weighted by molar-refractivity contribution is 7.80. The molecule has 0 radical (unpaired) electrons. The van der Waals surface area contributed by atoms with E-state index in [-0.39, 0.29) is 18.1 Å². The molecule has 2 aromatic carbocycles. The van der Waals surface area contributed by atoms with E-state index in [9.17, 15) is 14.4 Å². The second-order valence-corrected chi connectivity index (χ2v) is 8.08. The molecule has 1 atom stereocenters. The fourth-order valence-electron chi connectivity index (χ4n) is 3.31. The molecule has 0 aromatic heterocycles. The van der Waals surface area contributed by atoms with Crippen molar-refractivity contribution in [2.45, 2.75) is 25.8 Å². The number of benzene rings is 2. The SMILES string of the molecule is CCCOc1ccc(NC(=O)CC2C(=O)N(c3cccc(Cl)c3)C(=S)N2CC(=O)OC)cc1. The zero-order valence-corrected chi connectivity index (χ0v) is 19.8. The lowest BCUT2D eigenvalue weighted by atomic mass is 10.1. The number of halogens is 1. The van der Waals surface area contributed by atoms with Crippen LogP contribution in [-0.4, -0.2) is 54.1 Å². The van der Waals surface area contributed by atoms with E-state index in [0.29, 0.717) is 28.8 Å². The molecular weight excluding hydrogens is 466 g/mol. The van der Waals surface area contributed by atoms with E-state index in [0.717, 1.165) is 6.42 Å². The Labute approximate surface area is 202 Å². The zero-order chi connectivity index (χ0) is 24.0. The van der Waals surface area contributed by atoms with Crippen LogP contribution in [-0.2, 0) is 19.1 Å². The van der Waals surface area contributed by atoms with Crippen molar-refractivity contribution in [2.75, 3.05) is 30.5 Å². The number of hydrogen-bond donors (Lipinski definition) is 1. The molecule has 10 heteroatoms. The molecule has 174 valence electrons. The average Bonchev–Trinajstić information content (AvgIpc) is 3.02. The van der Waals surface area contributed by atoms with Crippen LogP contribution < -0.4 is 15.0 Å². The molecule has 0 spiro atoms. The molecule has 1 N–H and O–H groups in total. The summed E-state index contributed by atoms with van der Waals surface area (Å²) in [7, 11) is 1.24. The summed E-state index contributed by atoms with van der Waals surface area (Å²) in [6, 6.07) is 12.6. The van der Waals surface area contributed by atoms with Crippen molar-refractivity contribution >= 4 is 58.1 Å². The van der Waals surface area contributed by atoms with Crippen LogP contribution in [0.2, 0.25) is 5.02 Å². The Morgan fingerprint density at radius 1 is 1.18 bits per heavy atom. The second-order valence-electron chi connectivity index (χ2n) is 7.28. The molecule has 33 heavy (non-hydrogen) atoms. The summed E-state index contributed by atoms with van der Waals surface area (Å²) >= 11 is 11.5. The Hall–Kier alpha value is -3.17. The highest BCUT2D eigenvalue weighted by Crippen LogP contribution is 2.29. The summed E-state index contributed by atoms with van der Waals surface area (Å²) in [5.41, 5.74) is 1.01. The molecule has 1 heterocycles. The van der Waals surface area contributed by atoms with Crippen LogP contribution in [0.25, 0.3) is 0 Å². The third kappa shape index (κ3) is 6.00.